The van der Waals surface area contributed by atoms with Gasteiger partial charge in [-0.1, -0.05) is 18.2 Å². The second-order valence-electron chi connectivity index (χ2n) is 5.16. The first-order valence-corrected chi connectivity index (χ1v) is 6.28. The monoisotopic (exact) mass is 243 g/mol. The van der Waals surface area contributed by atoms with Gasteiger partial charge < -0.3 is 16.0 Å². The van der Waals surface area contributed by atoms with Gasteiger partial charge in [-0.05, 0) is 42.3 Å². The number of H-pyrrole nitrogens is 1. The molecule has 0 saturated heterocycles. The van der Waals surface area contributed by atoms with E-state index < -0.39 is 0 Å². The Hall–Kier alpha value is -1.81. The molecule has 4 N–H and O–H groups in total. The number of anilines is 1. The smallest absolute Gasteiger partial charge is 0.257 e. The summed E-state index contributed by atoms with van der Waals surface area (Å²) < 4.78 is 0. The molecule has 1 aliphatic carbocycles. The van der Waals surface area contributed by atoms with E-state index in [4.69, 9.17) is 5.73 Å². The van der Waals surface area contributed by atoms with Crippen LogP contribution >= 0.6 is 0 Å². The minimum atomic E-state index is -0.0480. The maximum Gasteiger partial charge on any atom is 0.257 e. The highest BCUT2D eigenvalue weighted by molar-refractivity contribution is 5.83. The van der Waals surface area contributed by atoms with Crippen LogP contribution in [0.1, 0.15) is 12.8 Å². The number of benzene rings is 1. The van der Waals surface area contributed by atoms with Crippen molar-refractivity contribution < 1.29 is 0 Å². The molecule has 0 atom stereocenters. The van der Waals surface area contributed by atoms with Crippen LogP contribution in [-0.2, 0) is 0 Å². The van der Waals surface area contributed by atoms with Crippen molar-refractivity contribution in [3.8, 4) is 0 Å². The van der Waals surface area contributed by atoms with Crippen LogP contribution < -0.4 is 16.6 Å². The number of hydrogen-bond acceptors (Lipinski definition) is 3. The third-order valence-electron chi connectivity index (χ3n) is 3.80. The Bertz CT molecular complexity index is 628. The minimum absolute atomic E-state index is 0.0480. The molecule has 4 heteroatoms. The zero-order valence-corrected chi connectivity index (χ0v) is 10.2. The lowest BCUT2D eigenvalue weighted by molar-refractivity contribution is 0.555. The van der Waals surface area contributed by atoms with Crippen LogP contribution in [0.15, 0.2) is 35.1 Å². The molecule has 0 bridgehead atoms. The highest BCUT2D eigenvalue weighted by Gasteiger charge is 2.40. The molecule has 2 aromatic rings. The molecule has 1 aliphatic rings. The number of aromatic nitrogens is 1. The first-order chi connectivity index (χ1) is 8.72. The standard InChI is InChI=1S/C14H17N3O/c15-8-14(5-6-14)9-16-12-7-10-3-1-2-4-11(10)13(18)17-12/h1-4,7H,5-6,8-9,15H2,(H2,16,17,18). The van der Waals surface area contributed by atoms with Gasteiger partial charge in [0, 0.05) is 11.9 Å². The number of aromatic amines is 1. The van der Waals surface area contributed by atoms with Gasteiger partial charge in [-0.3, -0.25) is 4.79 Å². The number of fused-ring (bicyclic) bond motifs is 1. The predicted octanol–water partition coefficient (Wildman–Crippen LogP) is 1.68. The average molecular weight is 243 g/mol. The molecule has 3 rings (SSSR count). The lowest BCUT2D eigenvalue weighted by atomic mass is 10.1. The number of hydrogen-bond donors (Lipinski definition) is 3. The van der Waals surface area contributed by atoms with Crippen molar-refractivity contribution >= 4 is 16.6 Å². The first-order valence-electron chi connectivity index (χ1n) is 6.28. The summed E-state index contributed by atoms with van der Waals surface area (Å²) in [6, 6.07) is 9.57. The Morgan fingerprint density at radius 2 is 2.11 bits per heavy atom. The fourth-order valence-corrected chi connectivity index (χ4v) is 2.22. The van der Waals surface area contributed by atoms with Crippen LogP contribution in [0.5, 0.6) is 0 Å². The molecule has 1 heterocycles. The fraction of sp³-hybridized carbons (Fsp3) is 0.357. The normalized spacial score (nSPS) is 16.7. The van der Waals surface area contributed by atoms with E-state index in [9.17, 15) is 4.79 Å². The van der Waals surface area contributed by atoms with Crippen molar-refractivity contribution in [2.75, 3.05) is 18.4 Å². The summed E-state index contributed by atoms with van der Waals surface area (Å²) in [6.45, 7) is 1.54. The third-order valence-corrected chi connectivity index (χ3v) is 3.80. The molecule has 94 valence electrons. The summed E-state index contributed by atoms with van der Waals surface area (Å²) >= 11 is 0. The van der Waals surface area contributed by atoms with E-state index in [1.807, 2.05) is 30.3 Å². The molecular formula is C14H17N3O. The Morgan fingerprint density at radius 3 is 2.83 bits per heavy atom. The Labute approximate surface area is 105 Å². The second kappa shape index (κ2) is 4.14. The van der Waals surface area contributed by atoms with Crippen molar-refractivity contribution in [3.05, 3.63) is 40.7 Å². The number of rotatable bonds is 4. The molecule has 0 radical (unpaired) electrons. The van der Waals surface area contributed by atoms with Crippen LogP contribution in [0.2, 0.25) is 0 Å². The Kier molecular flexibility index (Phi) is 2.59. The van der Waals surface area contributed by atoms with Gasteiger partial charge in [0.15, 0.2) is 0 Å². The molecule has 1 aromatic heterocycles. The molecular weight excluding hydrogens is 226 g/mol. The number of pyridine rings is 1. The predicted molar refractivity (Wildman–Crippen MR) is 73.8 cm³/mol. The maximum absolute atomic E-state index is 11.9. The van der Waals surface area contributed by atoms with Crippen LogP contribution in [-0.4, -0.2) is 18.1 Å². The number of nitrogens with one attached hydrogen (secondary N) is 2. The lowest BCUT2D eigenvalue weighted by Crippen LogP contribution is -2.25. The maximum atomic E-state index is 11.9. The average Bonchev–Trinajstić information content (AvgIpc) is 3.17. The van der Waals surface area contributed by atoms with E-state index in [1.54, 1.807) is 0 Å². The van der Waals surface area contributed by atoms with Gasteiger partial charge in [-0.25, -0.2) is 0 Å². The summed E-state index contributed by atoms with van der Waals surface area (Å²) in [5, 5.41) is 4.98. The molecule has 0 amide bonds. The Balaban J connectivity index is 1.87. The van der Waals surface area contributed by atoms with E-state index in [2.05, 4.69) is 10.3 Å². The third kappa shape index (κ3) is 1.99. The highest BCUT2D eigenvalue weighted by Crippen LogP contribution is 2.44. The van der Waals surface area contributed by atoms with Crippen LogP contribution in [0, 0.1) is 5.41 Å². The molecule has 0 aliphatic heterocycles. The van der Waals surface area contributed by atoms with Gasteiger partial charge in [0.2, 0.25) is 0 Å². The summed E-state index contributed by atoms with van der Waals surface area (Å²) in [5.74, 6) is 0.776. The van der Waals surface area contributed by atoms with Crippen LogP contribution in [0.25, 0.3) is 10.8 Å². The van der Waals surface area contributed by atoms with Gasteiger partial charge in [-0.2, -0.15) is 0 Å². The van der Waals surface area contributed by atoms with Crippen molar-refractivity contribution in [2.24, 2.45) is 11.1 Å². The minimum Gasteiger partial charge on any atom is -0.371 e. The summed E-state index contributed by atoms with van der Waals surface area (Å²) in [5.41, 5.74) is 5.95. The van der Waals surface area contributed by atoms with E-state index >= 15 is 0 Å². The fourth-order valence-electron chi connectivity index (χ4n) is 2.22. The lowest BCUT2D eigenvalue weighted by Gasteiger charge is -2.14. The quantitative estimate of drug-likeness (QED) is 0.765. The van der Waals surface area contributed by atoms with E-state index in [0.29, 0.717) is 6.54 Å². The summed E-state index contributed by atoms with van der Waals surface area (Å²) in [6.07, 6.45) is 2.35. The van der Waals surface area contributed by atoms with Crippen molar-refractivity contribution in [1.82, 2.24) is 4.98 Å². The van der Waals surface area contributed by atoms with E-state index in [-0.39, 0.29) is 11.0 Å². The largest absolute Gasteiger partial charge is 0.371 e. The molecule has 4 nitrogen and oxygen atoms in total. The van der Waals surface area contributed by atoms with Gasteiger partial charge in [-0.15, -0.1) is 0 Å². The molecule has 0 spiro atoms. The zero-order valence-electron chi connectivity index (χ0n) is 10.2. The van der Waals surface area contributed by atoms with Crippen LogP contribution in [0.3, 0.4) is 0 Å². The first kappa shape index (κ1) is 11.3. The van der Waals surface area contributed by atoms with E-state index in [1.165, 1.54) is 12.8 Å². The van der Waals surface area contributed by atoms with Crippen molar-refractivity contribution in [1.29, 1.82) is 0 Å². The molecule has 18 heavy (non-hydrogen) atoms. The van der Waals surface area contributed by atoms with Crippen molar-refractivity contribution in [3.63, 3.8) is 0 Å². The van der Waals surface area contributed by atoms with E-state index in [0.717, 1.165) is 23.1 Å². The Morgan fingerprint density at radius 1 is 1.33 bits per heavy atom. The van der Waals surface area contributed by atoms with Gasteiger partial charge >= 0.3 is 0 Å². The highest BCUT2D eigenvalue weighted by atomic mass is 16.1. The van der Waals surface area contributed by atoms with Gasteiger partial charge in [0.1, 0.15) is 5.82 Å². The zero-order chi connectivity index (χ0) is 12.6. The van der Waals surface area contributed by atoms with Gasteiger partial charge in [0.05, 0.1) is 0 Å². The SMILES string of the molecule is NCC1(CNc2cc3ccccc3c(=O)[nH]2)CC1. The van der Waals surface area contributed by atoms with Gasteiger partial charge in [0.25, 0.3) is 5.56 Å². The summed E-state index contributed by atoms with van der Waals surface area (Å²) in [7, 11) is 0. The topological polar surface area (TPSA) is 70.9 Å². The van der Waals surface area contributed by atoms with Crippen molar-refractivity contribution in [2.45, 2.75) is 12.8 Å². The molecule has 0 unspecified atom stereocenters. The molecule has 1 aromatic carbocycles. The molecule has 1 saturated carbocycles. The second-order valence-corrected chi connectivity index (χ2v) is 5.16. The van der Waals surface area contributed by atoms with Crippen LogP contribution in [0.4, 0.5) is 5.82 Å². The summed E-state index contributed by atoms with van der Waals surface area (Å²) in [4.78, 5) is 14.8. The number of nitrogens with two attached hydrogens (primary N) is 1. The molecule has 1 fully saturated rings.